The fourth-order valence-electron chi connectivity index (χ4n) is 2.44. The third kappa shape index (κ3) is 2.64. The summed E-state index contributed by atoms with van der Waals surface area (Å²) in [5, 5.41) is 0. The zero-order chi connectivity index (χ0) is 13.1. The van der Waals surface area contributed by atoms with Crippen LogP contribution in [0.1, 0.15) is 22.3 Å². The number of ether oxygens (including phenoxy) is 1. The van der Waals surface area contributed by atoms with Gasteiger partial charge in [-0.2, -0.15) is 0 Å². The Labute approximate surface area is 108 Å². The number of aryl methyl sites for hydroxylation is 1. The highest BCUT2D eigenvalue weighted by atomic mass is 16.5. The maximum atomic E-state index is 12.3. The number of benzene rings is 1. The van der Waals surface area contributed by atoms with Gasteiger partial charge in [-0.1, -0.05) is 6.07 Å². The fraction of sp³-hybridized carbons (Fsp3) is 0.500. The van der Waals surface area contributed by atoms with Crippen molar-refractivity contribution in [2.45, 2.75) is 13.3 Å². The highest BCUT2D eigenvalue weighted by molar-refractivity contribution is 5.99. The van der Waals surface area contributed by atoms with Gasteiger partial charge in [0.05, 0.1) is 12.2 Å². The van der Waals surface area contributed by atoms with Crippen LogP contribution in [0.25, 0.3) is 0 Å². The number of hydrogen-bond donors (Lipinski definition) is 1. The third-order valence-corrected chi connectivity index (χ3v) is 3.41. The molecule has 4 nitrogen and oxygen atoms in total. The van der Waals surface area contributed by atoms with Gasteiger partial charge < -0.3 is 15.4 Å². The molecule has 1 atom stereocenters. The van der Waals surface area contributed by atoms with Crippen LogP contribution >= 0.6 is 0 Å². The predicted molar refractivity (Wildman–Crippen MR) is 71.5 cm³/mol. The molecule has 0 spiro atoms. The Bertz CT molecular complexity index is 445. The van der Waals surface area contributed by atoms with Crippen LogP contribution in [-0.4, -0.2) is 37.6 Å². The van der Waals surface area contributed by atoms with Crippen LogP contribution in [0.3, 0.4) is 0 Å². The van der Waals surface area contributed by atoms with Crippen LogP contribution in [-0.2, 0) is 4.74 Å². The molecular weight excluding hydrogens is 228 g/mol. The molecule has 1 amide bonds. The molecule has 0 saturated carbocycles. The summed E-state index contributed by atoms with van der Waals surface area (Å²) in [7, 11) is 1.70. The summed E-state index contributed by atoms with van der Waals surface area (Å²) in [6, 6.07) is 5.58. The van der Waals surface area contributed by atoms with Gasteiger partial charge in [0.15, 0.2) is 0 Å². The Morgan fingerprint density at radius 2 is 2.33 bits per heavy atom. The normalized spacial score (nSPS) is 19.2. The maximum Gasteiger partial charge on any atom is 0.255 e. The number of nitrogen functional groups attached to an aromatic ring is 1. The van der Waals surface area contributed by atoms with E-state index in [2.05, 4.69) is 0 Å². The topological polar surface area (TPSA) is 55.6 Å². The van der Waals surface area contributed by atoms with Crippen LogP contribution in [0.15, 0.2) is 18.2 Å². The minimum absolute atomic E-state index is 0.0334. The number of rotatable bonds is 3. The van der Waals surface area contributed by atoms with Gasteiger partial charge in [0.2, 0.25) is 0 Å². The van der Waals surface area contributed by atoms with Gasteiger partial charge in [-0.25, -0.2) is 0 Å². The van der Waals surface area contributed by atoms with E-state index in [1.165, 1.54) is 0 Å². The number of nitrogens with two attached hydrogens (primary N) is 1. The zero-order valence-electron chi connectivity index (χ0n) is 11.0. The summed E-state index contributed by atoms with van der Waals surface area (Å²) < 4.78 is 5.14. The van der Waals surface area contributed by atoms with Crippen LogP contribution in [0.2, 0.25) is 0 Å². The predicted octanol–water partition coefficient (Wildman–Crippen LogP) is 1.69. The Hall–Kier alpha value is -1.55. The van der Waals surface area contributed by atoms with E-state index < -0.39 is 0 Å². The molecule has 0 bridgehead atoms. The average molecular weight is 248 g/mol. The van der Waals surface area contributed by atoms with Gasteiger partial charge in [-0.15, -0.1) is 0 Å². The number of anilines is 1. The number of likely N-dealkylation sites (tertiary alicyclic amines) is 1. The van der Waals surface area contributed by atoms with Crippen molar-refractivity contribution >= 4 is 11.6 Å². The molecule has 1 saturated heterocycles. The largest absolute Gasteiger partial charge is 0.398 e. The lowest BCUT2D eigenvalue weighted by Crippen LogP contribution is -2.29. The molecule has 1 heterocycles. The summed E-state index contributed by atoms with van der Waals surface area (Å²) >= 11 is 0. The van der Waals surface area contributed by atoms with E-state index in [9.17, 15) is 4.79 Å². The molecule has 2 rings (SSSR count). The summed E-state index contributed by atoms with van der Waals surface area (Å²) in [5.41, 5.74) is 8.16. The van der Waals surface area contributed by atoms with E-state index >= 15 is 0 Å². The van der Waals surface area contributed by atoms with Gasteiger partial charge in [-0.3, -0.25) is 4.79 Å². The van der Waals surface area contributed by atoms with E-state index in [1.807, 2.05) is 30.0 Å². The Balaban J connectivity index is 2.08. The van der Waals surface area contributed by atoms with Crippen molar-refractivity contribution in [1.29, 1.82) is 0 Å². The van der Waals surface area contributed by atoms with Crippen LogP contribution in [0.5, 0.6) is 0 Å². The van der Waals surface area contributed by atoms with Gasteiger partial charge >= 0.3 is 0 Å². The lowest BCUT2D eigenvalue weighted by Gasteiger charge is -2.17. The summed E-state index contributed by atoms with van der Waals surface area (Å²) in [6.45, 7) is 4.24. The zero-order valence-corrected chi connectivity index (χ0v) is 11.0. The fourth-order valence-corrected chi connectivity index (χ4v) is 2.44. The lowest BCUT2D eigenvalue weighted by atomic mass is 10.1. The summed E-state index contributed by atoms with van der Waals surface area (Å²) in [4.78, 5) is 14.2. The summed E-state index contributed by atoms with van der Waals surface area (Å²) in [6.07, 6.45) is 1.01. The minimum atomic E-state index is 0.0334. The van der Waals surface area contributed by atoms with E-state index in [0.29, 0.717) is 23.8 Å². The lowest BCUT2D eigenvalue weighted by molar-refractivity contribution is 0.0776. The first-order valence-electron chi connectivity index (χ1n) is 6.26. The SMILES string of the molecule is COCC1CCN(C(=O)c2ccc(C)cc2N)C1. The van der Waals surface area contributed by atoms with Crippen LogP contribution in [0, 0.1) is 12.8 Å². The highest BCUT2D eigenvalue weighted by Crippen LogP contribution is 2.22. The van der Waals surface area contributed by atoms with Crippen LogP contribution in [0.4, 0.5) is 5.69 Å². The molecule has 1 aliphatic rings. The Morgan fingerprint density at radius 3 is 3.00 bits per heavy atom. The van der Waals surface area contributed by atoms with Gasteiger partial charge in [0.1, 0.15) is 0 Å². The number of carbonyl (C=O) groups is 1. The van der Waals surface area contributed by atoms with E-state index in [4.69, 9.17) is 10.5 Å². The molecule has 1 unspecified atom stereocenters. The second-order valence-electron chi connectivity index (χ2n) is 4.95. The van der Waals surface area contributed by atoms with E-state index in [1.54, 1.807) is 7.11 Å². The molecule has 0 aromatic heterocycles. The Kier molecular flexibility index (Phi) is 3.87. The van der Waals surface area contributed by atoms with Crippen molar-refractivity contribution in [3.05, 3.63) is 29.3 Å². The van der Waals surface area contributed by atoms with Crippen molar-refractivity contribution in [3.8, 4) is 0 Å². The number of amides is 1. The smallest absolute Gasteiger partial charge is 0.255 e. The third-order valence-electron chi connectivity index (χ3n) is 3.41. The molecule has 0 aliphatic carbocycles. The molecule has 1 fully saturated rings. The first-order chi connectivity index (χ1) is 8.61. The van der Waals surface area contributed by atoms with Crippen molar-refractivity contribution in [2.75, 3.05) is 32.5 Å². The molecule has 0 radical (unpaired) electrons. The molecule has 1 aromatic rings. The van der Waals surface area contributed by atoms with Crippen molar-refractivity contribution < 1.29 is 9.53 Å². The molecule has 1 aliphatic heterocycles. The molecule has 98 valence electrons. The minimum Gasteiger partial charge on any atom is -0.398 e. The van der Waals surface area contributed by atoms with Crippen molar-refractivity contribution in [2.24, 2.45) is 5.92 Å². The monoisotopic (exact) mass is 248 g/mol. The molecule has 18 heavy (non-hydrogen) atoms. The quantitative estimate of drug-likeness (QED) is 0.828. The maximum absolute atomic E-state index is 12.3. The highest BCUT2D eigenvalue weighted by Gasteiger charge is 2.27. The van der Waals surface area contributed by atoms with E-state index in [0.717, 1.165) is 25.1 Å². The van der Waals surface area contributed by atoms with Gasteiger partial charge in [-0.05, 0) is 31.0 Å². The summed E-state index contributed by atoms with van der Waals surface area (Å²) in [5.74, 6) is 0.483. The first kappa shape index (κ1) is 12.9. The van der Waals surface area contributed by atoms with Crippen LogP contribution < -0.4 is 5.73 Å². The second kappa shape index (κ2) is 5.40. The second-order valence-corrected chi connectivity index (χ2v) is 4.95. The standard InChI is InChI=1S/C14H20N2O2/c1-10-3-4-12(13(15)7-10)14(17)16-6-5-11(8-16)9-18-2/h3-4,7,11H,5-6,8-9,15H2,1-2H3. The molecule has 4 heteroatoms. The Morgan fingerprint density at radius 1 is 1.56 bits per heavy atom. The number of nitrogens with zero attached hydrogens (tertiary/aromatic N) is 1. The number of carbonyl (C=O) groups excluding carboxylic acids is 1. The molecular formula is C14H20N2O2. The molecule has 2 N–H and O–H groups in total. The van der Waals surface area contributed by atoms with Gasteiger partial charge in [0, 0.05) is 31.8 Å². The molecule has 1 aromatic carbocycles. The van der Waals surface area contributed by atoms with E-state index in [-0.39, 0.29) is 5.91 Å². The first-order valence-corrected chi connectivity index (χ1v) is 6.26. The average Bonchev–Trinajstić information content (AvgIpc) is 2.77. The number of methoxy groups -OCH3 is 1. The van der Waals surface area contributed by atoms with Crippen molar-refractivity contribution in [1.82, 2.24) is 4.90 Å². The number of hydrogen-bond acceptors (Lipinski definition) is 3. The van der Waals surface area contributed by atoms with Crippen molar-refractivity contribution in [3.63, 3.8) is 0 Å². The van der Waals surface area contributed by atoms with Gasteiger partial charge in [0.25, 0.3) is 5.91 Å².